The van der Waals surface area contributed by atoms with Gasteiger partial charge in [0.2, 0.25) is 0 Å². The number of alkyl halides is 5. The summed E-state index contributed by atoms with van der Waals surface area (Å²) in [6.45, 7) is 2.70. The van der Waals surface area contributed by atoms with Crippen molar-refractivity contribution in [2.24, 2.45) is 0 Å². The Labute approximate surface area is 207 Å². The Morgan fingerprint density at radius 2 is 1.72 bits per heavy atom. The van der Waals surface area contributed by atoms with E-state index in [2.05, 4.69) is 18.7 Å². The van der Waals surface area contributed by atoms with Gasteiger partial charge in [0.25, 0.3) is 11.8 Å². The van der Waals surface area contributed by atoms with Crippen LogP contribution in [0.25, 0.3) is 10.9 Å². The highest BCUT2D eigenvalue weighted by Gasteiger charge is 2.43. The zero-order chi connectivity index (χ0) is 25.8. The summed E-state index contributed by atoms with van der Waals surface area (Å²) in [4.78, 5) is 16.9. The van der Waals surface area contributed by atoms with Crippen LogP contribution in [0.5, 0.6) is 5.75 Å². The molecule has 2 atom stereocenters. The molecule has 1 amide bonds. The van der Waals surface area contributed by atoms with E-state index >= 15 is 0 Å². The molecule has 10 heteroatoms. The molecule has 3 aliphatic heterocycles. The SMILES string of the molecule is CC(C)N1C2CCC1CC(Oc1ccc3c(c1)cc(C(=O)N1CCC(F)(F)CC1)n3CC(F)(F)F)C2. The fourth-order valence-corrected chi connectivity index (χ4v) is 6.34. The summed E-state index contributed by atoms with van der Waals surface area (Å²) in [6.07, 6.45) is -1.39. The van der Waals surface area contributed by atoms with Crippen molar-refractivity contribution in [1.29, 1.82) is 0 Å². The summed E-state index contributed by atoms with van der Waals surface area (Å²) in [6, 6.07) is 7.75. The maximum atomic E-state index is 13.6. The molecule has 1 aromatic carbocycles. The molecule has 2 aromatic rings. The smallest absolute Gasteiger partial charge is 0.406 e. The molecule has 1 aromatic heterocycles. The highest BCUT2D eigenvalue weighted by molar-refractivity contribution is 5.99. The van der Waals surface area contributed by atoms with Crippen LogP contribution in [-0.4, -0.2) is 69.7 Å². The molecular weight excluding hydrogens is 481 g/mol. The predicted molar refractivity (Wildman–Crippen MR) is 126 cm³/mol. The van der Waals surface area contributed by atoms with Gasteiger partial charge in [0.1, 0.15) is 24.1 Å². The van der Waals surface area contributed by atoms with E-state index < -0.39 is 37.4 Å². The van der Waals surface area contributed by atoms with Crippen LogP contribution >= 0.6 is 0 Å². The van der Waals surface area contributed by atoms with Crippen molar-refractivity contribution in [3.63, 3.8) is 0 Å². The predicted octanol–water partition coefficient (Wildman–Crippen LogP) is 5.86. The number of fused-ring (bicyclic) bond motifs is 3. The lowest BCUT2D eigenvalue weighted by molar-refractivity contribution is -0.140. The Morgan fingerprint density at radius 1 is 1.08 bits per heavy atom. The van der Waals surface area contributed by atoms with Gasteiger partial charge in [0.15, 0.2) is 0 Å². The normalized spacial score (nSPS) is 26.7. The monoisotopic (exact) mass is 513 g/mol. The van der Waals surface area contributed by atoms with Crippen LogP contribution in [0.3, 0.4) is 0 Å². The first-order valence-electron chi connectivity index (χ1n) is 12.7. The number of carbonyl (C=O) groups is 1. The highest BCUT2D eigenvalue weighted by Crippen LogP contribution is 2.39. The second-order valence-corrected chi connectivity index (χ2v) is 10.7. The van der Waals surface area contributed by atoms with Gasteiger partial charge in [-0.05, 0) is 63.8 Å². The molecule has 0 radical (unpaired) electrons. The lowest BCUT2D eigenvalue weighted by atomic mass is 9.98. The minimum Gasteiger partial charge on any atom is -0.490 e. The highest BCUT2D eigenvalue weighted by atomic mass is 19.4. The Balaban J connectivity index is 1.39. The lowest BCUT2D eigenvalue weighted by Crippen LogP contribution is -2.49. The van der Waals surface area contributed by atoms with E-state index in [1.807, 2.05) is 0 Å². The van der Waals surface area contributed by atoms with Crippen molar-refractivity contribution in [1.82, 2.24) is 14.4 Å². The number of hydrogen-bond donors (Lipinski definition) is 0. The first-order chi connectivity index (χ1) is 16.9. The van der Waals surface area contributed by atoms with Crippen molar-refractivity contribution in [3.8, 4) is 5.75 Å². The molecule has 5 nitrogen and oxygen atoms in total. The quantitative estimate of drug-likeness (QED) is 0.471. The van der Waals surface area contributed by atoms with Gasteiger partial charge in [0.05, 0.1) is 0 Å². The third-order valence-electron chi connectivity index (χ3n) is 7.86. The number of ether oxygens (including phenoxy) is 1. The van der Waals surface area contributed by atoms with Gasteiger partial charge in [0, 0.05) is 55.0 Å². The fraction of sp³-hybridized carbons (Fsp3) is 0.654. The Morgan fingerprint density at radius 3 is 2.31 bits per heavy atom. The van der Waals surface area contributed by atoms with E-state index in [1.54, 1.807) is 18.2 Å². The van der Waals surface area contributed by atoms with Crippen molar-refractivity contribution >= 4 is 16.8 Å². The van der Waals surface area contributed by atoms with E-state index in [1.165, 1.54) is 11.0 Å². The van der Waals surface area contributed by atoms with Crippen molar-refractivity contribution in [2.75, 3.05) is 13.1 Å². The number of nitrogens with zero attached hydrogens (tertiary/aromatic N) is 3. The largest absolute Gasteiger partial charge is 0.490 e. The third-order valence-corrected chi connectivity index (χ3v) is 7.86. The van der Waals surface area contributed by atoms with Gasteiger partial charge in [-0.3, -0.25) is 9.69 Å². The summed E-state index contributed by atoms with van der Waals surface area (Å²) in [5.74, 6) is -2.95. The molecule has 5 rings (SSSR count). The maximum Gasteiger partial charge on any atom is 0.406 e. The molecule has 198 valence electrons. The number of benzene rings is 1. The zero-order valence-corrected chi connectivity index (χ0v) is 20.5. The standard InChI is InChI=1S/C26H32F5N3O2/c1-16(2)34-18-3-4-19(34)14-21(13-18)36-20-5-6-22-17(11-20)12-23(33(22)15-26(29,30)31)24(35)32-9-7-25(27,28)8-10-32/h5-6,11-12,16,18-19,21H,3-4,7-10,13-15H2,1-2H3. The first kappa shape index (κ1) is 25.3. The third kappa shape index (κ3) is 5.06. The summed E-state index contributed by atoms with van der Waals surface area (Å²) in [5.41, 5.74) is 0.119. The van der Waals surface area contributed by atoms with Gasteiger partial charge in [-0.1, -0.05) is 0 Å². The fourth-order valence-electron chi connectivity index (χ4n) is 6.34. The summed E-state index contributed by atoms with van der Waals surface area (Å²) >= 11 is 0. The minimum absolute atomic E-state index is 0.0309. The van der Waals surface area contributed by atoms with Crippen LogP contribution in [0.15, 0.2) is 24.3 Å². The molecule has 0 spiro atoms. The average molecular weight is 514 g/mol. The van der Waals surface area contributed by atoms with E-state index in [4.69, 9.17) is 4.74 Å². The molecule has 3 saturated heterocycles. The number of hydrogen-bond acceptors (Lipinski definition) is 3. The summed E-state index contributed by atoms with van der Waals surface area (Å²) in [7, 11) is 0. The zero-order valence-electron chi connectivity index (χ0n) is 20.5. The first-order valence-corrected chi connectivity index (χ1v) is 12.7. The second-order valence-electron chi connectivity index (χ2n) is 10.7. The molecule has 3 fully saturated rings. The topological polar surface area (TPSA) is 37.7 Å². The van der Waals surface area contributed by atoms with Crippen LogP contribution in [0.4, 0.5) is 22.0 Å². The van der Waals surface area contributed by atoms with Gasteiger partial charge < -0.3 is 14.2 Å². The Bertz CT molecular complexity index is 1100. The second kappa shape index (κ2) is 9.19. The minimum atomic E-state index is -4.55. The molecule has 0 saturated carbocycles. The number of carbonyl (C=O) groups excluding carboxylic acids is 1. The summed E-state index contributed by atoms with van der Waals surface area (Å²) < 4.78 is 74.6. The van der Waals surface area contributed by atoms with E-state index in [0.717, 1.165) is 30.3 Å². The van der Waals surface area contributed by atoms with Crippen LogP contribution in [-0.2, 0) is 6.54 Å². The van der Waals surface area contributed by atoms with Gasteiger partial charge in [-0.15, -0.1) is 0 Å². The summed E-state index contributed by atoms with van der Waals surface area (Å²) in [5, 5.41) is 0.463. The van der Waals surface area contributed by atoms with Crippen molar-refractivity contribution < 1.29 is 31.5 Å². The molecule has 2 unspecified atom stereocenters. The molecule has 4 heterocycles. The van der Waals surface area contributed by atoms with Gasteiger partial charge in [-0.25, -0.2) is 8.78 Å². The molecule has 3 aliphatic rings. The number of likely N-dealkylation sites (tertiary alicyclic amines) is 1. The maximum absolute atomic E-state index is 13.6. The van der Waals surface area contributed by atoms with Crippen molar-refractivity contribution in [2.45, 2.75) is 95.2 Å². The van der Waals surface area contributed by atoms with E-state index in [-0.39, 0.29) is 30.4 Å². The van der Waals surface area contributed by atoms with Crippen LogP contribution in [0.1, 0.15) is 62.9 Å². The molecule has 0 aliphatic carbocycles. The number of rotatable bonds is 5. The Hall–Kier alpha value is -2.36. The average Bonchev–Trinajstić information content (AvgIpc) is 3.26. The Kier molecular flexibility index (Phi) is 6.46. The van der Waals surface area contributed by atoms with Gasteiger partial charge in [-0.2, -0.15) is 13.2 Å². The number of amides is 1. The van der Waals surface area contributed by atoms with Crippen LogP contribution < -0.4 is 4.74 Å². The molecule has 36 heavy (non-hydrogen) atoms. The molecule has 2 bridgehead atoms. The van der Waals surface area contributed by atoms with E-state index in [0.29, 0.717) is 29.3 Å². The van der Waals surface area contributed by atoms with Gasteiger partial charge >= 0.3 is 6.18 Å². The number of piperidine rings is 2. The number of aromatic nitrogens is 1. The van der Waals surface area contributed by atoms with Crippen LogP contribution in [0.2, 0.25) is 0 Å². The van der Waals surface area contributed by atoms with Crippen LogP contribution in [0, 0.1) is 0 Å². The van der Waals surface area contributed by atoms with E-state index in [9.17, 15) is 26.7 Å². The van der Waals surface area contributed by atoms with Crippen molar-refractivity contribution in [3.05, 3.63) is 30.0 Å². The molecular formula is C26H32F5N3O2. The lowest BCUT2D eigenvalue weighted by Gasteiger charge is -2.41. The number of halogens is 5. The molecule has 0 N–H and O–H groups in total.